The Morgan fingerprint density at radius 2 is 1.75 bits per heavy atom. The molecule has 0 radical (unpaired) electrons. The van der Waals surface area contributed by atoms with E-state index in [0.29, 0.717) is 17.8 Å². The maximum Gasteiger partial charge on any atom is 0.338 e. The third-order valence-electron chi connectivity index (χ3n) is 5.73. The second-order valence-corrected chi connectivity index (χ2v) is 7.79. The Bertz CT molecular complexity index is 986. The first-order valence-corrected chi connectivity index (χ1v) is 10.8. The first-order valence-electron chi connectivity index (χ1n) is 10.8. The summed E-state index contributed by atoms with van der Waals surface area (Å²) in [6.45, 7) is 5.47. The molecule has 0 aliphatic carbocycles. The van der Waals surface area contributed by atoms with Crippen LogP contribution >= 0.6 is 0 Å². The molecule has 4 rings (SSSR count). The van der Waals surface area contributed by atoms with Gasteiger partial charge in [0.2, 0.25) is 0 Å². The molecule has 8 heteroatoms. The van der Waals surface area contributed by atoms with Gasteiger partial charge in [-0.25, -0.2) is 14.0 Å². The first kappa shape index (κ1) is 21.8. The van der Waals surface area contributed by atoms with Gasteiger partial charge in [0.15, 0.2) is 0 Å². The monoisotopic (exact) mass is 438 g/mol. The highest BCUT2D eigenvalue weighted by molar-refractivity contribution is 5.95. The summed E-state index contributed by atoms with van der Waals surface area (Å²) >= 11 is 0. The highest BCUT2D eigenvalue weighted by atomic mass is 19.1. The van der Waals surface area contributed by atoms with E-state index in [2.05, 4.69) is 20.4 Å². The van der Waals surface area contributed by atoms with E-state index in [4.69, 9.17) is 4.74 Å². The molecule has 2 amide bonds. The summed E-state index contributed by atoms with van der Waals surface area (Å²) < 4.78 is 18.5. The number of ether oxygens (including phenoxy) is 1. The fourth-order valence-corrected chi connectivity index (χ4v) is 4.13. The average Bonchev–Trinajstić information content (AvgIpc) is 2.80. The molecule has 1 fully saturated rings. The number of carbonyl (C=O) groups is 2. The quantitative estimate of drug-likeness (QED) is 0.679. The van der Waals surface area contributed by atoms with Gasteiger partial charge in [0.1, 0.15) is 5.82 Å². The lowest BCUT2D eigenvalue weighted by Crippen LogP contribution is -2.51. The standard InChI is InChI=1S/C24H27FN4O3/c1-2-32-23(30)21-20(26-24(31)27-22(21)17-6-4-3-5-7-17)16-28-12-14-29(15-13-28)19-10-8-18(25)9-11-19/h3-11,22H,2,12-16H2,1H3,(H2,26,27,31)/t22-/m0/s1. The Balaban J connectivity index is 1.53. The summed E-state index contributed by atoms with van der Waals surface area (Å²) in [6, 6.07) is 15.0. The van der Waals surface area contributed by atoms with Crippen LogP contribution in [0.5, 0.6) is 0 Å². The number of piperazine rings is 1. The number of halogens is 1. The Hall–Kier alpha value is -3.39. The van der Waals surface area contributed by atoms with E-state index in [0.717, 1.165) is 37.4 Å². The van der Waals surface area contributed by atoms with E-state index in [1.54, 1.807) is 19.1 Å². The van der Waals surface area contributed by atoms with Gasteiger partial charge in [0.05, 0.1) is 18.2 Å². The second-order valence-electron chi connectivity index (χ2n) is 7.79. The number of carbonyl (C=O) groups excluding carboxylic acids is 2. The minimum absolute atomic E-state index is 0.250. The number of hydrogen-bond donors (Lipinski definition) is 2. The van der Waals surface area contributed by atoms with Crippen LogP contribution in [-0.4, -0.2) is 56.2 Å². The molecule has 7 nitrogen and oxygen atoms in total. The number of hydrogen-bond acceptors (Lipinski definition) is 5. The second kappa shape index (κ2) is 9.82. The van der Waals surface area contributed by atoms with E-state index in [-0.39, 0.29) is 18.5 Å². The maximum absolute atomic E-state index is 13.2. The van der Waals surface area contributed by atoms with Crippen molar-refractivity contribution in [2.75, 3.05) is 44.2 Å². The van der Waals surface area contributed by atoms with Crippen LogP contribution in [-0.2, 0) is 9.53 Å². The molecular weight excluding hydrogens is 411 g/mol. The van der Waals surface area contributed by atoms with E-state index in [1.165, 1.54) is 12.1 Å². The van der Waals surface area contributed by atoms with Gasteiger partial charge < -0.3 is 20.3 Å². The van der Waals surface area contributed by atoms with Gasteiger partial charge in [-0.3, -0.25) is 4.90 Å². The molecule has 0 aromatic heterocycles. The zero-order valence-electron chi connectivity index (χ0n) is 18.0. The topological polar surface area (TPSA) is 73.9 Å². The predicted octanol–water partition coefficient (Wildman–Crippen LogP) is 2.82. The summed E-state index contributed by atoms with van der Waals surface area (Å²) in [5.74, 6) is -0.686. The van der Waals surface area contributed by atoms with E-state index >= 15 is 0 Å². The summed E-state index contributed by atoms with van der Waals surface area (Å²) in [5, 5.41) is 5.69. The van der Waals surface area contributed by atoms with Gasteiger partial charge in [0, 0.05) is 44.1 Å². The van der Waals surface area contributed by atoms with Gasteiger partial charge in [-0.05, 0) is 36.8 Å². The minimum atomic E-state index is -0.570. The van der Waals surface area contributed by atoms with Crippen molar-refractivity contribution in [2.24, 2.45) is 0 Å². The van der Waals surface area contributed by atoms with Crippen molar-refractivity contribution in [1.82, 2.24) is 15.5 Å². The minimum Gasteiger partial charge on any atom is -0.463 e. The van der Waals surface area contributed by atoms with Gasteiger partial charge >= 0.3 is 12.0 Å². The highest BCUT2D eigenvalue weighted by Crippen LogP contribution is 2.28. The van der Waals surface area contributed by atoms with Crippen LogP contribution in [0.1, 0.15) is 18.5 Å². The lowest BCUT2D eigenvalue weighted by atomic mass is 9.95. The van der Waals surface area contributed by atoms with Crippen molar-refractivity contribution >= 4 is 17.7 Å². The smallest absolute Gasteiger partial charge is 0.338 e. The van der Waals surface area contributed by atoms with Gasteiger partial charge in [0.25, 0.3) is 0 Å². The summed E-state index contributed by atoms with van der Waals surface area (Å²) in [4.78, 5) is 29.7. The number of esters is 1. The molecule has 0 spiro atoms. The highest BCUT2D eigenvalue weighted by Gasteiger charge is 2.34. The molecule has 0 saturated carbocycles. The number of benzene rings is 2. The third kappa shape index (κ3) is 4.91. The Kier molecular flexibility index (Phi) is 6.70. The lowest BCUT2D eigenvalue weighted by Gasteiger charge is -2.38. The van der Waals surface area contributed by atoms with Crippen molar-refractivity contribution in [3.05, 3.63) is 77.2 Å². The van der Waals surface area contributed by atoms with Crippen molar-refractivity contribution in [3.63, 3.8) is 0 Å². The Morgan fingerprint density at radius 3 is 2.41 bits per heavy atom. The molecule has 2 aromatic rings. The molecule has 0 bridgehead atoms. The largest absolute Gasteiger partial charge is 0.463 e. The van der Waals surface area contributed by atoms with E-state index in [9.17, 15) is 14.0 Å². The van der Waals surface area contributed by atoms with Crippen LogP contribution in [0.2, 0.25) is 0 Å². The Morgan fingerprint density at radius 1 is 1.06 bits per heavy atom. The summed E-state index contributed by atoms with van der Waals surface area (Å²) in [5.41, 5.74) is 2.80. The van der Waals surface area contributed by atoms with Gasteiger partial charge in [-0.1, -0.05) is 30.3 Å². The van der Waals surface area contributed by atoms with Crippen molar-refractivity contribution < 1.29 is 18.7 Å². The fourth-order valence-electron chi connectivity index (χ4n) is 4.13. The normalized spacial score (nSPS) is 19.4. The molecule has 2 heterocycles. The molecule has 2 aromatic carbocycles. The van der Waals surface area contributed by atoms with Crippen molar-refractivity contribution in [1.29, 1.82) is 0 Å². The molecule has 2 aliphatic rings. The van der Waals surface area contributed by atoms with Gasteiger partial charge in [-0.15, -0.1) is 0 Å². The number of nitrogens with one attached hydrogen (secondary N) is 2. The average molecular weight is 439 g/mol. The molecule has 32 heavy (non-hydrogen) atoms. The number of amides is 2. The molecule has 2 aliphatic heterocycles. The van der Waals surface area contributed by atoms with Crippen molar-refractivity contribution in [3.8, 4) is 0 Å². The number of urea groups is 1. The maximum atomic E-state index is 13.2. The fraction of sp³-hybridized carbons (Fsp3) is 0.333. The number of nitrogens with zero attached hydrogens (tertiary/aromatic N) is 2. The van der Waals surface area contributed by atoms with E-state index in [1.807, 2.05) is 30.3 Å². The number of rotatable bonds is 6. The van der Waals surface area contributed by atoms with Crippen LogP contribution in [0, 0.1) is 5.82 Å². The zero-order chi connectivity index (χ0) is 22.5. The summed E-state index contributed by atoms with van der Waals surface area (Å²) in [6.07, 6.45) is 0. The molecule has 168 valence electrons. The number of anilines is 1. The van der Waals surface area contributed by atoms with Crippen LogP contribution in [0.4, 0.5) is 14.9 Å². The Labute approximate surface area is 186 Å². The molecule has 1 atom stereocenters. The predicted molar refractivity (Wildman–Crippen MR) is 120 cm³/mol. The zero-order valence-corrected chi connectivity index (χ0v) is 18.0. The third-order valence-corrected chi connectivity index (χ3v) is 5.73. The molecule has 2 N–H and O–H groups in total. The van der Waals surface area contributed by atoms with Crippen LogP contribution in [0.25, 0.3) is 0 Å². The first-order chi connectivity index (χ1) is 15.5. The molecular formula is C24H27FN4O3. The lowest BCUT2D eigenvalue weighted by molar-refractivity contribution is -0.139. The van der Waals surface area contributed by atoms with Crippen LogP contribution in [0.3, 0.4) is 0 Å². The van der Waals surface area contributed by atoms with Crippen LogP contribution in [0.15, 0.2) is 65.9 Å². The molecule has 1 saturated heterocycles. The molecule has 0 unspecified atom stereocenters. The van der Waals surface area contributed by atoms with Crippen molar-refractivity contribution in [2.45, 2.75) is 13.0 Å². The van der Waals surface area contributed by atoms with E-state index < -0.39 is 12.0 Å². The van der Waals surface area contributed by atoms with Gasteiger partial charge in [-0.2, -0.15) is 0 Å². The summed E-state index contributed by atoms with van der Waals surface area (Å²) in [7, 11) is 0. The SMILES string of the molecule is CCOC(=O)C1=C(CN2CCN(c3ccc(F)cc3)CC2)NC(=O)N[C@H]1c1ccccc1. The van der Waals surface area contributed by atoms with Crippen LogP contribution < -0.4 is 15.5 Å².